The lowest BCUT2D eigenvalue weighted by atomic mass is 10.1. The maximum absolute atomic E-state index is 5.97. The van der Waals surface area contributed by atoms with E-state index >= 15 is 0 Å². The zero-order valence-corrected chi connectivity index (χ0v) is 12.4. The molecule has 0 fully saturated rings. The van der Waals surface area contributed by atoms with E-state index in [4.69, 9.17) is 16.3 Å². The third-order valence-corrected chi connectivity index (χ3v) is 3.29. The minimum atomic E-state index is 0.190. The van der Waals surface area contributed by atoms with E-state index in [0.29, 0.717) is 11.6 Å². The molecule has 0 saturated heterocycles. The van der Waals surface area contributed by atoms with Crippen molar-refractivity contribution in [1.29, 1.82) is 0 Å². The van der Waals surface area contributed by atoms with Crippen LogP contribution in [0.5, 0.6) is 5.75 Å². The van der Waals surface area contributed by atoms with E-state index in [0.717, 1.165) is 18.7 Å². The number of hydrogen-bond acceptors (Lipinski definition) is 2. The van der Waals surface area contributed by atoms with Crippen LogP contribution in [-0.4, -0.2) is 13.2 Å². The molecule has 0 aromatic heterocycles. The number of halogens is 1. The minimum absolute atomic E-state index is 0.190. The summed E-state index contributed by atoms with van der Waals surface area (Å²) >= 11 is 5.97. The Hall–Kier alpha value is -1.51. The molecule has 0 aliphatic heterocycles. The van der Waals surface area contributed by atoms with Crippen molar-refractivity contribution in [1.82, 2.24) is 5.32 Å². The highest BCUT2D eigenvalue weighted by molar-refractivity contribution is 6.30. The zero-order chi connectivity index (χ0) is 14.2. The largest absolute Gasteiger partial charge is 0.492 e. The average Bonchev–Trinajstić information content (AvgIpc) is 2.48. The number of hydrogen-bond donors (Lipinski definition) is 1. The monoisotopic (exact) mass is 289 g/mol. The molecule has 1 unspecified atom stereocenters. The summed E-state index contributed by atoms with van der Waals surface area (Å²) in [6, 6.07) is 18.1. The van der Waals surface area contributed by atoms with Gasteiger partial charge in [-0.1, -0.05) is 54.9 Å². The Bertz CT molecular complexity index is 515. The van der Waals surface area contributed by atoms with Crippen LogP contribution in [0.4, 0.5) is 0 Å². The predicted molar refractivity (Wildman–Crippen MR) is 84.4 cm³/mol. The topological polar surface area (TPSA) is 21.3 Å². The van der Waals surface area contributed by atoms with E-state index < -0.39 is 0 Å². The van der Waals surface area contributed by atoms with E-state index in [1.165, 1.54) is 5.56 Å². The summed E-state index contributed by atoms with van der Waals surface area (Å²) in [5, 5.41) is 4.21. The van der Waals surface area contributed by atoms with Gasteiger partial charge >= 0.3 is 0 Å². The van der Waals surface area contributed by atoms with Crippen LogP contribution in [0, 0.1) is 0 Å². The maximum atomic E-state index is 5.97. The average molecular weight is 290 g/mol. The highest BCUT2D eigenvalue weighted by atomic mass is 35.5. The number of benzene rings is 2. The molecule has 0 amide bonds. The molecule has 0 bridgehead atoms. The number of rotatable bonds is 7. The van der Waals surface area contributed by atoms with Gasteiger partial charge in [-0.15, -0.1) is 0 Å². The first-order valence-corrected chi connectivity index (χ1v) is 7.34. The van der Waals surface area contributed by atoms with Gasteiger partial charge in [-0.05, 0) is 36.7 Å². The molecular weight excluding hydrogens is 270 g/mol. The van der Waals surface area contributed by atoms with E-state index in [-0.39, 0.29) is 6.04 Å². The highest BCUT2D eigenvalue weighted by Crippen LogP contribution is 2.19. The Kier molecular flexibility index (Phi) is 5.90. The van der Waals surface area contributed by atoms with Gasteiger partial charge in [0, 0.05) is 5.02 Å². The smallest absolute Gasteiger partial charge is 0.120 e. The molecule has 0 aliphatic rings. The van der Waals surface area contributed by atoms with Crippen LogP contribution < -0.4 is 10.1 Å². The quantitative estimate of drug-likeness (QED) is 0.812. The van der Waals surface area contributed by atoms with E-state index in [2.05, 4.69) is 36.5 Å². The molecule has 106 valence electrons. The van der Waals surface area contributed by atoms with Crippen molar-refractivity contribution in [2.75, 3.05) is 13.2 Å². The molecule has 2 aromatic carbocycles. The second-order valence-corrected chi connectivity index (χ2v) is 5.12. The Morgan fingerprint density at radius 3 is 2.60 bits per heavy atom. The van der Waals surface area contributed by atoms with Crippen molar-refractivity contribution in [3.8, 4) is 5.75 Å². The van der Waals surface area contributed by atoms with E-state index in [9.17, 15) is 0 Å². The standard InChI is InChI=1S/C17H20ClNO/c1-2-11-19-17(14-7-4-3-5-8-14)13-20-16-10-6-9-15(18)12-16/h3-10,12,17,19H,2,11,13H2,1H3. The Morgan fingerprint density at radius 1 is 1.10 bits per heavy atom. The van der Waals surface area contributed by atoms with Crippen LogP contribution in [0.2, 0.25) is 5.02 Å². The van der Waals surface area contributed by atoms with Crippen molar-refractivity contribution in [3.63, 3.8) is 0 Å². The molecule has 3 heteroatoms. The second kappa shape index (κ2) is 7.93. The van der Waals surface area contributed by atoms with Gasteiger partial charge in [0.1, 0.15) is 12.4 Å². The van der Waals surface area contributed by atoms with Gasteiger partial charge in [0.15, 0.2) is 0 Å². The van der Waals surface area contributed by atoms with E-state index in [1.807, 2.05) is 30.3 Å². The summed E-state index contributed by atoms with van der Waals surface area (Å²) in [6.45, 7) is 3.72. The van der Waals surface area contributed by atoms with Gasteiger partial charge in [-0.25, -0.2) is 0 Å². The van der Waals surface area contributed by atoms with Gasteiger partial charge in [-0.3, -0.25) is 0 Å². The first kappa shape index (κ1) is 14.9. The minimum Gasteiger partial charge on any atom is -0.492 e. The van der Waals surface area contributed by atoms with Gasteiger partial charge in [0.25, 0.3) is 0 Å². The molecule has 0 saturated carbocycles. The third kappa shape index (κ3) is 4.55. The molecule has 0 aliphatic carbocycles. The molecule has 0 radical (unpaired) electrons. The van der Waals surface area contributed by atoms with Gasteiger partial charge in [-0.2, -0.15) is 0 Å². The van der Waals surface area contributed by atoms with Crippen LogP contribution in [-0.2, 0) is 0 Å². The highest BCUT2D eigenvalue weighted by Gasteiger charge is 2.11. The van der Waals surface area contributed by atoms with Crippen molar-refractivity contribution < 1.29 is 4.74 Å². The van der Waals surface area contributed by atoms with Gasteiger partial charge < -0.3 is 10.1 Å². The molecule has 1 atom stereocenters. The summed E-state index contributed by atoms with van der Waals surface area (Å²) < 4.78 is 5.85. The first-order valence-electron chi connectivity index (χ1n) is 6.96. The third-order valence-electron chi connectivity index (χ3n) is 3.06. The summed E-state index contributed by atoms with van der Waals surface area (Å²) in [5.74, 6) is 0.803. The summed E-state index contributed by atoms with van der Waals surface area (Å²) in [7, 11) is 0. The molecule has 2 aromatic rings. The fraction of sp³-hybridized carbons (Fsp3) is 0.294. The van der Waals surface area contributed by atoms with Crippen LogP contribution in [0.1, 0.15) is 24.9 Å². The second-order valence-electron chi connectivity index (χ2n) is 4.69. The van der Waals surface area contributed by atoms with Crippen LogP contribution >= 0.6 is 11.6 Å². The summed E-state index contributed by atoms with van der Waals surface area (Å²) in [4.78, 5) is 0. The normalized spacial score (nSPS) is 12.1. The fourth-order valence-electron chi connectivity index (χ4n) is 2.01. The zero-order valence-electron chi connectivity index (χ0n) is 11.7. The molecule has 1 N–H and O–H groups in total. The van der Waals surface area contributed by atoms with Crippen molar-refractivity contribution in [2.45, 2.75) is 19.4 Å². The Labute approximate surface area is 125 Å². The van der Waals surface area contributed by atoms with Crippen LogP contribution in [0.15, 0.2) is 54.6 Å². The number of nitrogens with one attached hydrogen (secondary N) is 1. The fourth-order valence-corrected chi connectivity index (χ4v) is 2.19. The molecule has 2 nitrogen and oxygen atoms in total. The molecule has 0 heterocycles. The molecular formula is C17H20ClNO. The Morgan fingerprint density at radius 2 is 1.90 bits per heavy atom. The number of ether oxygens (including phenoxy) is 1. The lowest BCUT2D eigenvalue weighted by Crippen LogP contribution is -2.27. The molecule has 0 spiro atoms. The first-order chi connectivity index (χ1) is 9.79. The van der Waals surface area contributed by atoms with Crippen molar-refractivity contribution in [2.24, 2.45) is 0 Å². The molecule has 20 heavy (non-hydrogen) atoms. The lowest BCUT2D eigenvalue weighted by molar-refractivity contribution is 0.266. The maximum Gasteiger partial charge on any atom is 0.120 e. The SMILES string of the molecule is CCCNC(COc1cccc(Cl)c1)c1ccccc1. The van der Waals surface area contributed by atoms with Crippen LogP contribution in [0.25, 0.3) is 0 Å². The predicted octanol–water partition coefficient (Wildman–Crippen LogP) is 4.46. The Balaban J connectivity index is 2.01. The molecule has 2 rings (SSSR count). The summed E-state index contributed by atoms with van der Waals surface area (Å²) in [5.41, 5.74) is 1.24. The summed E-state index contributed by atoms with van der Waals surface area (Å²) in [6.07, 6.45) is 1.10. The van der Waals surface area contributed by atoms with Gasteiger partial charge in [0.05, 0.1) is 6.04 Å². The van der Waals surface area contributed by atoms with Crippen molar-refractivity contribution >= 4 is 11.6 Å². The van der Waals surface area contributed by atoms with Crippen LogP contribution in [0.3, 0.4) is 0 Å². The van der Waals surface area contributed by atoms with E-state index in [1.54, 1.807) is 0 Å². The van der Waals surface area contributed by atoms with Gasteiger partial charge in [0.2, 0.25) is 0 Å². The lowest BCUT2D eigenvalue weighted by Gasteiger charge is -2.19. The van der Waals surface area contributed by atoms with Crippen molar-refractivity contribution in [3.05, 3.63) is 65.2 Å².